The number of benzene rings is 1. The minimum Gasteiger partial charge on any atom is -0.320 e. The van der Waals surface area contributed by atoms with Crippen LogP contribution >= 0.6 is 11.6 Å². The molecular formula is C17H11ClF3N3O2. The zero-order chi connectivity index (χ0) is 19.1. The highest BCUT2D eigenvalue weighted by atomic mass is 35.5. The van der Waals surface area contributed by atoms with E-state index in [1.54, 1.807) is 12.1 Å². The molecule has 0 aliphatic heterocycles. The summed E-state index contributed by atoms with van der Waals surface area (Å²) in [7, 11) is 1.45. The number of alkyl halides is 3. The molecule has 0 radical (unpaired) electrons. The number of carbonyl (C=O) groups is 1. The molecule has 2 heterocycles. The van der Waals surface area contributed by atoms with Gasteiger partial charge in [0, 0.05) is 18.6 Å². The number of pyridine rings is 2. The van der Waals surface area contributed by atoms with Crippen LogP contribution in [0.25, 0.3) is 11.0 Å². The van der Waals surface area contributed by atoms with E-state index in [1.807, 2.05) is 0 Å². The van der Waals surface area contributed by atoms with Crippen molar-refractivity contribution in [3.8, 4) is 0 Å². The topological polar surface area (TPSA) is 64.0 Å². The highest BCUT2D eigenvalue weighted by Crippen LogP contribution is 2.33. The molecule has 1 aromatic carbocycles. The van der Waals surface area contributed by atoms with Crippen molar-refractivity contribution in [1.29, 1.82) is 0 Å². The molecule has 3 aromatic rings. The minimum absolute atomic E-state index is 0.0781. The average molecular weight is 382 g/mol. The molecule has 0 atom stereocenters. The molecule has 0 saturated heterocycles. The summed E-state index contributed by atoms with van der Waals surface area (Å²) in [5.74, 6) is -0.863. The van der Waals surface area contributed by atoms with Crippen molar-refractivity contribution in [1.82, 2.24) is 9.55 Å². The van der Waals surface area contributed by atoms with Crippen LogP contribution in [0.5, 0.6) is 0 Å². The molecule has 134 valence electrons. The van der Waals surface area contributed by atoms with E-state index in [4.69, 9.17) is 11.6 Å². The summed E-state index contributed by atoms with van der Waals surface area (Å²) in [6.07, 6.45) is -3.08. The van der Waals surface area contributed by atoms with Crippen LogP contribution in [0, 0.1) is 0 Å². The number of amides is 1. The van der Waals surface area contributed by atoms with E-state index in [0.717, 1.165) is 12.1 Å². The number of halogens is 4. The smallest absolute Gasteiger partial charge is 0.320 e. The van der Waals surface area contributed by atoms with Crippen molar-refractivity contribution in [3.05, 3.63) is 69.1 Å². The van der Waals surface area contributed by atoms with E-state index in [9.17, 15) is 22.8 Å². The van der Waals surface area contributed by atoms with Gasteiger partial charge in [0.2, 0.25) is 0 Å². The summed E-state index contributed by atoms with van der Waals surface area (Å²) in [4.78, 5) is 28.9. The molecule has 9 heteroatoms. The SMILES string of the molecule is Cn1c(=O)c(C(=O)Nc2cc(C(F)(F)F)ccc2Cl)cc2cccnc21. The Kier molecular flexibility index (Phi) is 4.45. The Hall–Kier alpha value is -2.87. The highest BCUT2D eigenvalue weighted by Gasteiger charge is 2.31. The first-order valence-corrected chi connectivity index (χ1v) is 7.69. The summed E-state index contributed by atoms with van der Waals surface area (Å²) >= 11 is 5.87. The predicted octanol–water partition coefficient (Wildman–Crippen LogP) is 3.86. The van der Waals surface area contributed by atoms with Gasteiger partial charge in [-0.1, -0.05) is 11.6 Å². The van der Waals surface area contributed by atoms with E-state index in [1.165, 1.54) is 23.9 Å². The van der Waals surface area contributed by atoms with Gasteiger partial charge in [0.05, 0.1) is 16.3 Å². The number of anilines is 1. The van der Waals surface area contributed by atoms with Gasteiger partial charge in [-0.05, 0) is 36.4 Å². The van der Waals surface area contributed by atoms with Crippen molar-refractivity contribution in [2.24, 2.45) is 7.05 Å². The number of hydrogen-bond acceptors (Lipinski definition) is 3. The van der Waals surface area contributed by atoms with Gasteiger partial charge >= 0.3 is 6.18 Å². The van der Waals surface area contributed by atoms with E-state index >= 15 is 0 Å². The Morgan fingerprint density at radius 1 is 1.23 bits per heavy atom. The quantitative estimate of drug-likeness (QED) is 0.733. The summed E-state index contributed by atoms with van der Waals surface area (Å²) in [5.41, 5.74) is -1.68. The first-order valence-electron chi connectivity index (χ1n) is 7.31. The maximum atomic E-state index is 12.8. The average Bonchev–Trinajstić information content (AvgIpc) is 2.59. The number of carbonyl (C=O) groups excluding carboxylic acids is 1. The van der Waals surface area contributed by atoms with Gasteiger partial charge in [0.15, 0.2) is 0 Å². The summed E-state index contributed by atoms with van der Waals surface area (Å²) in [6, 6.07) is 7.18. The van der Waals surface area contributed by atoms with Gasteiger partial charge in [-0.15, -0.1) is 0 Å². The van der Waals surface area contributed by atoms with Crippen LogP contribution in [-0.2, 0) is 13.2 Å². The minimum atomic E-state index is -4.59. The number of rotatable bonds is 2. The van der Waals surface area contributed by atoms with Gasteiger partial charge in [-0.3, -0.25) is 14.2 Å². The van der Waals surface area contributed by atoms with E-state index in [0.29, 0.717) is 17.1 Å². The molecule has 0 unspecified atom stereocenters. The standard InChI is InChI=1S/C17H11ClF3N3O2/c1-24-14-9(3-2-6-22-14)7-11(16(24)26)15(25)23-13-8-10(17(19,20)21)4-5-12(13)18/h2-8H,1H3,(H,23,25). The molecule has 0 fully saturated rings. The Morgan fingerprint density at radius 3 is 2.65 bits per heavy atom. The lowest BCUT2D eigenvalue weighted by molar-refractivity contribution is -0.137. The van der Waals surface area contributed by atoms with Crippen LogP contribution < -0.4 is 10.9 Å². The number of aryl methyl sites for hydroxylation is 1. The number of nitrogens with zero attached hydrogens (tertiary/aromatic N) is 2. The van der Waals surface area contributed by atoms with Crippen molar-refractivity contribution >= 4 is 34.2 Å². The first-order chi connectivity index (χ1) is 12.2. The maximum absolute atomic E-state index is 12.8. The van der Waals surface area contributed by atoms with E-state index in [2.05, 4.69) is 10.3 Å². The van der Waals surface area contributed by atoms with Crippen LogP contribution in [-0.4, -0.2) is 15.5 Å². The lowest BCUT2D eigenvalue weighted by Gasteiger charge is -2.12. The molecule has 0 aliphatic carbocycles. The molecule has 1 N–H and O–H groups in total. The van der Waals surface area contributed by atoms with Crippen LogP contribution in [0.2, 0.25) is 5.02 Å². The number of nitrogens with one attached hydrogen (secondary N) is 1. The third-order valence-corrected chi connectivity index (χ3v) is 4.09. The molecule has 0 saturated carbocycles. The Bertz CT molecular complexity index is 1080. The largest absolute Gasteiger partial charge is 0.416 e. The van der Waals surface area contributed by atoms with Crippen molar-refractivity contribution in [2.45, 2.75) is 6.18 Å². The second-order valence-corrected chi connectivity index (χ2v) is 5.89. The second-order valence-electron chi connectivity index (χ2n) is 5.48. The summed E-state index contributed by atoms with van der Waals surface area (Å²) in [5, 5.41) is 2.73. The van der Waals surface area contributed by atoms with Gasteiger partial charge in [-0.2, -0.15) is 13.2 Å². The van der Waals surface area contributed by atoms with Crippen molar-refractivity contribution in [2.75, 3.05) is 5.32 Å². The number of aromatic nitrogens is 2. The van der Waals surface area contributed by atoms with Crippen LogP contribution in [0.15, 0.2) is 47.4 Å². The maximum Gasteiger partial charge on any atom is 0.416 e. The van der Waals surface area contributed by atoms with Crippen molar-refractivity contribution < 1.29 is 18.0 Å². The van der Waals surface area contributed by atoms with Gasteiger partial charge in [0.1, 0.15) is 11.2 Å². The van der Waals surface area contributed by atoms with Gasteiger partial charge in [-0.25, -0.2) is 4.98 Å². The molecule has 2 aromatic heterocycles. The predicted molar refractivity (Wildman–Crippen MR) is 91.4 cm³/mol. The van der Waals surface area contributed by atoms with Crippen LogP contribution in [0.4, 0.5) is 18.9 Å². The van der Waals surface area contributed by atoms with Crippen molar-refractivity contribution in [3.63, 3.8) is 0 Å². The lowest BCUT2D eigenvalue weighted by atomic mass is 10.1. The molecule has 0 aliphatic rings. The summed E-state index contributed by atoms with van der Waals surface area (Å²) in [6.45, 7) is 0. The third kappa shape index (κ3) is 3.28. The Balaban J connectivity index is 2.03. The zero-order valence-corrected chi connectivity index (χ0v) is 14.0. The van der Waals surface area contributed by atoms with Crippen LogP contribution in [0.1, 0.15) is 15.9 Å². The Labute approximate surface area is 150 Å². The molecule has 3 rings (SSSR count). The number of fused-ring (bicyclic) bond motifs is 1. The first kappa shape index (κ1) is 17.9. The van der Waals surface area contributed by atoms with Gasteiger partial charge < -0.3 is 5.32 Å². The molecule has 1 amide bonds. The Morgan fingerprint density at radius 2 is 1.96 bits per heavy atom. The fourth-order valence-electron chi connectivity index (χ4n) is 2.45. The lowest BCUT2D eigenvalue weighted by Crippen LogP contribution is -2.28. The highest BCUT2D eigenvalue weighted by molar-refractivity contribution is 6.34. The fraction of sp³-hybridized carbons (Fsp3) is 0.118. The van der Waals surface area contributed by atoms with Crippen LogP contribution in [0.3, 0.4) is 0 Å². The van der Waals surface area contributed by atoms with E-state index in [-0.39, 0.29) is 16.3 Å². The number of hydrogen-bond donors (Lipinski definition) is 1. The normalized spacial score (nSPS) is 11.6. The summed E-state index contributed by atoms with van der Waals surface area (Å²) < 4.78 is 39.7. The molecular weight excluding hydrogens is 371 g/mol. The monoisotopic (exact) mass is 381 g/mol. The molecule has 5 nitrogen and oxygen atoms in total. The molecule has 0 spiro atoms. The zero-order valence-electron chi connectivity index (χ0n) is 13.3. The second kappa shape index (κ2) is 6.45. The molecule has 26 heavy (non-hydrogen) atoms. The molecule has 0 bridgehead atoms. The fourth-order valence-corrected chi connectivity index (χ4v) is 2.61. The van der Waals surface area contributed by atoms with Gasteiger partial charge in [0.25, 0.3) is 11.5 Å². The third-order valence-electron chi connectivity index (χ3n) is 3.76. The van der Waals surface area contributed by atoms with E-state index < -0.39 is 23.2 Å².